The second-order valence-electron chi connectivity index (χ2n) is 6.37. The molecule has 0 aliphatic rings. The molecule has 0 aliphatic carbocycles. The van der Waals surface area contributed by atoms with Gasteiger partial charge in [0.25, 0.3) is 0 Å². The van der Waals surface area contributed by atoms with Crippen LogP contribution in [0.25, 0.3) is 28.3 Å². The van der Waals surface area contributed by atoms with Gasteiger partial charge in [0.15, 0.2) is 23.1 Å². The van der Waals surface area contributed by atoms with Gasteiger partial charge in [0.1, 0.15) is 0 Å². The van der Waals surface area contributed by atoms with Crippen LogP contribution in [0.2, 0.25) is 0 Å². The first-order valence-electron chi connectivity index (χ1n) is 8.87. The minimum atomic E-state index is -0.708. The van der Waals surface area contributed by atoms with E-state index in [0.717, 1.165) is 5.56 Å². The van der Waals surface area contributed by atoms with Gasteiger partial charge in [-0.1, -0.05) is 30.3 Å². The number of carbonyl (C=O) groups is 1. The summed E-state index contributed by atoms with van der Waals surface area (Å²) in [5.41, 5.74) is 7.83. The summed E-state index contributed by atoms with van der Waals surface area (Å²) in [6, 6.07) is 12.2. The SMILES string of the molecule is CNC(=O)C(c1ccccc1)n1ncc2c1nc(N)n1nc(-c3ccco3)nc21. The van der Waals surface area contributed by atoms with E-state index >= 15 is 0 Å². The third kappa shape index (κ3) is 2.61. The molecule has 1 aromatic carbocycles. The predicted molar refractivity (Wildman–Crippen MR) is 105 cm³/mol. The molecule has 3 N–H and O–H groups in total. The fourth-order valence-corrected chi connectivity index (χ4v) is 3.30. The van der Waals surface area contributed by atoms with E-state index in [1.165, 1.54) is 4.52 Å². The summed E-state index contributed by atoms with van der Waals surface area (Å²) >= 11 is 0. The molecule has 0 saturated carbocycles. The second kappa shape index (κ2) is 6.44. The van der Waals surface area contributed by atoms with Crippen LogP contribution < -0.4 is 11.1 Å². The number of nitrogens with one attached hydrogen (secondary N) is 1. The Morgan fingerprint density at radius 1 is 1.14 bits per heavy atom. The molecule has 1 amide bonds. The maximum atomic E-state index is 12.7. The van der Waals surface area contributed by atoms with Crippen LogP contribution in [0.15, 0.2) is 59.3 Å². The van der Waals surface area contributed by atoms with Crippen molar-refractivity contribution in [2.75, 3.05) is 12.8 Å². The molecule has 4 heterocycles. The standard InChI is InChI=1S/C19H16N8O2/c1-21-18(28)14(11-6-3-2-4-7-11)26-17-12(10-22-26)16-23-15(13-8-5-9-29-13)25-27(16)19(20)24-17/h2-10,14H,1H3,(H2,20,24)(H,21,28). The van der Waals surface area contributed by atoms with Gasteiger partial charge in [0, 0.05) is 7.05 Å². The summed E-state index contributed by atoms with van der Waals surface area (Å²) in [5, 5.41) is 12.1. The minimum Gasteiger partial charge on any atom is -0.461 e. The first-order valence-corrected chi connectivity index (χ1v) is 8.87. The normalized spacial score (nSPS) is 12.4. The minimum absolute atomic E-state index is 0.128. The maximum absolute atomic E-state index is 12.7. The highest BCUT2D eigenvalue weighted by atomic mass is 16.3. The third-order valence-electron chi connectivity index (χ3n) is 4.65. The van der Waals surface area contributed by atoms with Crippen molar-refractivity contribution >= 4 is 28.5 Å². The molecule has 0 saturated heterocycles. The summed E-state index contributed by atoms with van der Waals surface area (Å²) in [6.07, 6.45) is 3.15. The van der Waals surface area contributed by atoms with Crippen molar-refractivity contribution in [2.45, 2.75) is 6.04 Å². The Hall–Kier alpha value is -4.21. The number of carbonyl (C=O) groups excluding carboxylic acids is 1. The third-order valence-corrected chi connectivity index (χ3v) is 4.65. The predicted octanol–water partition coefficient (Wildman–Crippen LogP) is 1.65. The van der Waals surface area contributed by atoms with Crippen LogP contribution >= 0.6 is 0 Å². The lowest BCUT2D eigenvalue weighted by molar-refractivity contribution is -0.122. The summed E-state index contributed by atoms with van der Waals surface area (Å²) in [6.45, 7) is 0. The smallest absolute Gasteiger partial charge is 0.249 e. The Morgan fingerprint density at radius 2 is 1.97 bits per heavy atom. The van der Waals surface area contributed by atoms with Crippen molar-refractivity contribution in [3.8, 4) is 11.6 Å². The van der Waals surface area contributed by atoms with Gasteiger partial charge in [-0.25, -0.2) is 9.67 Å². The fraction of sp³-hybridized carbons (Fsp3) is 0.105. The van der Waals surface area contributed by atoms with Gasteiger partial charge in [-0.2, -0.15) is 14.6 Å². The summed E-state index contributed by atoms with van der Waals surface area (Å²) in [7, 11) is 1.58. The zero-order valence-electron chi connectivity index (χ0n) is 15.4. The van der Waals surface area contributed by atoms with Crippen LogP contribution in [0.3, 0.4) is 0 Å². The lowest BCUT2D eigenvalue weighted by atomic mass is 10.1. The summed E-state index contributed by atoms with van der Waals surface area (Å²) in [5.74, 6) is 0.804. The lowest BCUT2D eigenvalue weighted by Gasteiger charge is -2.17. The van der Waals surface area contributed by atoms with Crippen molar-refractivity contribution in [1.29, 1.82) is 0 Å². The van der Waals surface area contributed by atoms with Crippen LogP contribution in [0.4, 0.5) is 5.95 Å². The summed E-state index contributed by atoms with van der Waals surface area (Å²) < 4.78 is 8.35. The molecule has 29 heavy (non-hydrogen) atoms. The van der Waals surface area contributed by atoms with Gasteiger partial charge in [0.2, 0.25) is 17.7 Å². The van der Waals surface area contributed by atoms with Gasteiger partial charge in [-0.15, -0.1) is 5.10 Å². The van der Waals surface area contributed by atoms with Crippen molar-refractivity contribution in [1.82, 2.24) is 34.7 Å². The van der Waals surface area contributed by atoms with E-state index in [9.17, 15) is 4.79 Å². The van der Waals surface area contributed by atoms with E-state index < -0.39 is 6.04 Å². The molecule has 0 aliphatic heterocycles. The Morgan fingerprint density at radius 3 is 2.69 bits per heavy atom. The van der Waals surface area contributed by atoms with Gasteiger partial charge in [0.05, 0.1) is 17.8 Å². The molecule has 10 nitrogen and oxygen atoms in total. The van der Waals surface area contributed by atoms with E-state index in [4.69, 9.17) is 10.2 Å². The fourth-order valence-electron chi connectivity index (χ4n) is 3.30. The number of benzene rings is 1. The first-order chi connectivity index (χ1) is 14.2. The van der Waals surface area contributed by atoms with Gasteiger partial charge in [-0.05, 0) is 17.7 Å². The van der Waals surface area contributed by atoms with Gasteiger partial charge in [-0.3, -0.25) is 4.79 Å². The molecule has 5 rings (SSSR count). The van der Waals surface area contributed by atoms with E-state index in [0.29, 0.717) is 28.3 Å². The number of likely N-dealkylation sites (N-methyl/N-ethyl adjacent to an activating group) is 1. The highest BCUT2D eigenvalue weighted by Gasteiger charge is 2.26. The molecule has 144 valence electrons. The Bertz CT molecular complexity index is 1320. The van der Waals surface area contributed by atoms with E-state index in [2.05, 4.69) is 25.5 Å². The van der Waals surface area contributed by atoms with E-state index in [1.807, 2.05) is 30.3 Å². The highest BCUT2D eigenvalue weighted by molar-refractivity contribution is 5.92. The Labute approximate surface area is 164 Å². The zero-order chi connectivity index (χ0) is 20.0. The topological polar surface area (TPSA) is 129 Å². The average molecular weight is 388 g/mol. The molecule has 0 bridgehead atoms. The molecular formula is C19H16N8O2. The first kappa shape index (κ1) is 16.9. The van der Waals surface area contributed by atoms with Crippen LogP contribution in [0.1, 0.15) is 11.6 Å². The number of nitrogens with two attached hydrogens (primary N) is 1. The molecule has 5 aromatic rings. The average Bonchev–Trinajstić information content (AvgIpc) is 3.48. The van der Waals surface area contributed by atoms with Crippen LogP contribution in [0, 0.1) is 0 Å². The number of nitrogen functional groups attached to an aromatic ring is 1. The van der Waals surface area contributed by atoms with Crippen LogP contribution in [-0.4, -0.2) is 42.3 Å². The monoisotopic (exact) mass is 388 g/mol. The molecular weight excluding hydrogens is 372 g/mol. The Balaban J connectivity index is 1.74. The number of aromatic nitrogens is 6. The highest BCUT2D eigenvalue weighted by Crippen LogP contribution is 2.27. The van der Waals surface area contributed by atoms with Crippen LogP contribution in [0.5, 0.6) is 0 Å². The largest absolute Gasteiger partial charge is 0.461 e. The van der Waals surface area contributed by atoms with Crippen molar-refractivity contribution in [3.63, 3.8) is 0 Å². The molecule has 0 radical (unpaired) electrons. The van der Waals surface area contributed by atoms with Crippen LogP contribution in [-0.2, 0) is 4.79 Å². The molecule has 10 heteroatoms. The van der Waals surface area contributed by atoms with Crippen molar-refractivity contribution in [3.05, 3.63) is 60.5 Å². The van der Waals surface area contributed by atoms with Crippen molar-refractivity contribution < 1.29 is 9.21 Å². The number of nitrogens with zero attached hydrogens (tertiary/aromatic N) is 6. The van der Waals surface area contributed by atoms with Gasteiger partial charge < -0.3 is 15.5 Å². The molecule has 1 unspecified atom stereocenters. The number of anilines is 1. The van der Waals surface area contributed by atoms with Crippen molar-refractivity contribution in [2.24, 2.45) is 0 Å². The molecule has 1 atom stereocenters. The second-order valence-corrected chi connectivity index (χ2v) is 6.37. The van der Waals surface area contributed by atoms with E-state index in [1.54, 1.807) is 36.3 Å². The number of hydrogen-bond acceptors (Lipinski definition) is 7. The van der Waals surface area contributed by atoms with Gasteiger partial charge >= 0.3 is 0 Å². The molecule has 0 fully saturated rings. The quantitative estimate of drug-likeness (QED) is 0.479. The summed E-state index contributed by atoms with van der Waals surface area (Å²) in [4.78, 5) is 21.7. The number of amides is 1. The Kier molecular flexibility index (Phi) is 3.76. The number of rotatable bonds is 4. The molecule has 4 aromatic heterocycles. The number of hydrogen-bond donors (Lipinski definition) is 2. The molecule has 0 spiro atoms. The number of furan rings is 1. The lowest BCUT2D eigenvalue weighted by Crippen LogP contribution is -2.31. The maximum Gasteiger partial charge on any atom is 0.249 e. The van der Waals surface area contributed by atoms with E-state index in [-0.39, 0.29) is 11.9 Å². The number of fused-ring (bicyclic) bond motifs is 3. The zero-order valence-corrected chi connectivity index (χ0v) is 15.4.